The van der Waals surface area contributed by atoms with Gasteiger partial charge in [-0.2, -0.15) is 9.36 Å². The molecule has 0 spiro atoms. The summed E-state index contributed by atoms with van der Waals surface area (Å²) in [5.74, 6) is 0. The monoisotopic (exact) mass is 304 g/mol. The normalized spacial score (nSPS) is 11.0. The van der Waals surface area contributed by atoms with Gasteiger partial charge in [-0.25, -0.2) is 4.79 Å². The van der Waals surface area contributed by atoms with E-state index in [2.05, 4.69) is 17.4 Å². The summed E-state index contributed by atoms with van der Waals surface area (Å²) in [4.78, 5) is 12.0. The lowest BCUT2D eigenvalue weighted by Crippen LogP contribution is -2.23. The molecular formula is C16H24N4O2. The van der Waals surface area contributed by atoms with Crippen molar-refractivity contribution in [3.63, 3.8) is 0 Å². The highest BCUT2D eigenvalue weighted by atomic mass is 16.5. The summed E-state index contributed by atoms with van der Waals surface area (Å²) in [6.45, 7) is 5.43. The first kappa shape index (κ1) is 16.4. The van der Waals surface area contributed by atoms with E-state index in [4.69, 9.17) is 4.74 Å². The summed E-state index contributed by atoms with van der Waals surface area (Å²) in [5.41, 5.74) is 2.56. The van der Waals surface area contributed by atoms with Gasteiger partial charge >= 0.3 is 5.69 Å². The molecule has 1 heterocycles. The van der Waals surface area contributed by atoms with E-state index in [0.717, 1.165) is 29.8 Å². The molecule has 0 N–H and O–H groups in total. The van der Waals surface area contributed by atoms with Crippen LogP contribution >= 0.6 is 0 Å². The van der Waals surface area contributed by atoms with Gasteiger partial charge in [0.25, 0.3) is 0 Å². The Kier molecular flexibility index (Phi) is 5.89. The number of ether oxygens (including phenoxy) is 1. The summed E-state index contributed by atoms with van der Waals surface area (Å²) in [6.07, 6.45) is 4.73. The van der Waals surface area contributed by atoms with Gasteiger partial charge in [-0.3, -0.25) is 0 Å². The molecule has 0 aliphatic heterocycles. The number of tetrazole rings is 1. The van der Waals surface area contributed by atoms with Crippen LogP contribution in [0, 0.1) is 6.92 Å². The fourth-order valence-corrected chi connectivity index (χ4v) is 2.34. The number of aryl methyl sites for hydroxylation is 2. The first-order valence-electron chi connectivity index (χ1n) is 7.80. The van der Waals surface area contributed by atoms with Crippen LogP contribution in [0.4, 0.5) is 0 Å². The second kappa shape index (κ2) is 7.89. The number of hydrogen-bond donors (Lipinski definition) is 0. The molecule has 0 unspecified atom stereocenters. The van der Waals surface area contributed by atoms with Gasteiger partial charge in [0.15, 0.2) is 0 Å². The SMILES string of the molecule is CCCCCCOCc1c(C)cccc1-n1nnn(C)c1=O. The molecule has 0 aliphatic carbocycles. The molecule has 1 aromatic heterocycles. The van der Waals surface area contributed by atoms with Crippen molar-refractivity contribution in [1.82, 2.24) is 19.8 Å². The zero-order valence-electron chi connectivity index (χ0n) is 13.6. The van der Waals surface area contributed by atoms with Crippen molar-refractivity contribution in [2.75, 3.05) is 6.61 Å². The third-order valence-electron chi connectivity index (χ3n) is 3.72. The fourth-order valence-electron chi connectivity index (χ4n) is 2.34. The summed E-state index contributed by atoms with van der Waals surface area (Å²) in [5, 5.41) is 7.69. The topological polar surface area (TPSA) is 61.9 Å². The van der Waals surface area contributed by atoms with Crippen LogP contribution in [-0.4, -0.2) is 26.4 Å². The smallest absolute Gasteiger partial charge is 0.368 e. The average Bonchev–Trinajstić information content (AvgIpc) is 2.84. The minimum absolute atomic E-state index is 0.255. The highest BCUT2D eigenvalue weighted by molar-refractivity contribution is 5.44. The van der Waals surface area contributed by atoms with E-state index in [-0.39, 0.29) is 5.69 Å². The number of benzene rings is 1. The predicted octanol–water partition coefficient (Wildman–Crippen LogP) is 2.37. The molecule has 0 radical (unpaired) electrons. The Morgan fingerprint density at radius 3 is 2.68 bits per heavy atom. The van der Waals surface area contributed by atoms with Crippen molar-refractivity contribution >= 4 is 0 Å². The highest BCUT2D eigenvalue weighted by Gasteiger charge is 2.12. The van der Waals surface area contributed by atoms with Gasteiger partial charge in [-0.1, -0.05) is 38.3 Å². The lowest BCUT2D eigenvalue weighted by atomic mass is 10.1. The molecule has 0 saturated carbocycles. The van der Waals surface area contributed by atoms with Gasteiger partial charge in [0, 0.05) is 19.2 Å². The van der Waals surface area contributed by atoms with E-state index in [9.17, 15) is 4.79 Å². The zero-order valence-corrected chi connectivity index (χ0v) is 13.6. The molecule has 1 aromatic carbocycles. The first-order valence-corrected chi connectivity index (χ1v) is 7.80. The molecule has 0 aliphatic rings. The summed E-state index contributed by atoms with van der Waals surface area (Å²) in [6, 6.07) is 5.80. The fraction of sp³-hybridized carbons (Fsp3) is 0.562. The molecule has 2 rings (SSSR count). The molecule has 6 heteroatoms. The Morgan fingerprint density at radius 2 is 2.00 bits per heavy atom. The molecule has 0 amide bonds. The molecule has 6 nitrogen and oxygen atoms in total. The number of hydrogen-bond acceptors (Lipinski definition) is 4. The molecule has 22 heavy (non-hydrogen) atoms. The second-order valence-electron chi connectivity index (χ2n) is 5.48. The third-order valence-corrected chi connectivity index (χ3v) is 3.72. The summed E-state index contributed by atoms with van der Waals surface area (Å²) in [7, 11) is 1.59. The number of rotatable bonds is 8. The Hall–Kier alpha value is -1.95. The van der Waals surface area contributed by atoms with E-state index in [1.54, 1.807) is 7.05 Å². The Balaban J connectivity index is 2.11. The summed E-state index contributed by atoms with van der Waals surface area (Å²) >= 11 is 0. The Labute approximate surface area is 130 Å². The predicted molar refractivity (Wildman–Crippen MR) is 85.1 cm³/mol. The number of nitrogens with zero attached hydrogens (tertiary/aromatic N) is 4. The van der Waals surface area contributed by atoms with Crippen molar-refractivity contribution in [3.8, 4) is 5.69 Å². The van der Waals surface area contributed by atoms with Gasteiger partial charge in [0.05, 0.1) is 12.3 Å². The van der Waals surface area contributed by atoms with Crippen molar-refractivity contribution in [3.05, 3.63) is 39.8 Å². The van der Waals surface area contributed by atoms with Crippen LogP contribution < -0.4 is 5.69 Å². The van der Waals surface area contributed by atoms with E-state index < -0.39 is 0 Å². The third kappa shape index (κ3) is 3.82. The van der Waals surface area contributed by atoms with Crippen molar-refractivity contribution in [2.24, 2.45) is 7.05 Å². The molecule has 0 bridgehead atoms. The van der Waals surface area contributed by atoms with Crippen LogP contribution in [0.3, 0.4) is 0 Å². The van der Waals surface area contributed by atoms with Crippen LogP contribution in [0.5, 0.6) is 0 Å². The van der Waals surface area contributed by atoms with Gasteiger partial charge in [-0.15, -0.1) is 0 Å². The lowest BCUT2D eigenvalue weighted by Gasteiger charge is -2.12. The minimum Gasteiger partial charge on any atom is -0.377 e. The first-order chi connectivity index (χ1) is 10.6. The van der Waals surface area contributed by atoms with Crippen LogP contribution in [-0.2, 0) is 18.4 Å². The molecule has 2 aromatic rings. The van der Waals surface area contributed by atoms with E-state index >= 15 is 0 Å². The molecule has 0 saturated heterocycles. The molecule has 0 fully saturated rings. The van der Waals surface area contributed by atoms with Gasteiger partial charge in [-0.05, 0) is 35.4 Å². The van der Waals surface area contributed by atoms with Gasteiger partial charge < -0.3 is 4.74 Å². The van der Waals surface area contributed by atoms with Crippen LogP contribution in [0.2, 0.25) is 0 Å². The minimum atomic E-state index is -0.255. The summed E-state index contributed by atoms with van der Waals surface area (Å²) < 4.78 is 8.33. The quantitative estimate of drug-likeness (QED) is 0.702. The largest absolute Gasteiger partial charge is 0.377 e. The molecule has 120 valence electrons. The van der Waals surface area contributed by atoms with Gasteiger partial charge in [0.2, 0.25) is 0 Å². The van der Waals surface area contributed by atoms with Crippen molar-refractivity contribution in [1.29, 1.82) is 0 Å². The van der Waals surface area contributed by atoms with E-state index in [0.29, 0.717) is 6.61 Å². The zero-order chi connectivity index (χ0) is 15.9. The van der Waals surface area contributed by atoms with Crippen molar-refractivity contribution < 1.29 is 4.74 Å². The average molecular weight is 304 g/mol. The van der Waals surface area contributed by atoms with Crippen LogP contribution in [0.1, 0.15) is 43.7 Å². The van der Waals surface area contributed by atoms with Crippen LogP contribution in [0.15, 0.2) is 23.0 Å². The molecular weight excluding hydrogens is 280 g/mol. The lowest BCUT2D eigenvalue weighted by molar-refractivity contribution is 0.116. The van der Waals surface area contributed by atoms with E-state index in [1.165, 1.54) is 28.6 Å². The Morgan fingerprint density at radius 1 is 1.18 bits per heavy atom. The maximum absolute atomic E-state index is 12.0. The second-order valence-corrected chi connectivity index (χ2v) is 5.48. The van der Waals surface area contributed by atoms with Crippen molar-refractivity contribution in [2.45, 2.75) is 46.1 Å². The standard InChI is InChI=1S/C16H24N4O2/c1-4-5-6-7-11-22-12-14-13(2)9-8-10-15(14)20-16(21)19(3)17-18-20/h8-10H,4-7,11-12H2,1-3H3. The van der Waals surface area contributed by atoms with Crippen LogP contribution in [0.25, 0.3) is 5.69 Å². The number of aromatic nitrogens is 4. The maximum atomic E-state index is 12.0. The highest BCUT2D eigenvalue weighted by Crippen LogP contribution is 2.18. The van der Waals surface area contributed by atoms with E-state index in [1.807, 2.05) is 25.1 Å². The maximum Gasteiger partial charge on any atom is 0.368 e. The van der Waals surface area contributed by atoms with Gasteiger partial charge in [0.1, 0.15) is 0 Å². The molecule has 0 atom stereocenters. The number of unbranched alkanes of at least 4 members (excludes halogenated alkanes) is 3. The Bertz CT molecular complexity index is 660.